The van der Waals surface area contributed by atoms with E-state index in [-0.39, 0.29) is 16.5 Å². The van der Waals surface area contributed by atoms with Crippen molar-refractivity contribution in [1.82, 2.24) is 9.21 Å². The molecule has 0 bridgehead atoms. The monoisotopic (exact) mass is 446 g/mol. The standard InChI is InChI=1S/C21H26N4O5S/c1-3-24(4-2)31(29,30)20-10-8-17(9-11-20)21(26)23-14-12-22(13-15-23)18-6-5-7-19(16-18)25(27)28/h5-11,16H,3-4,12-15H2,1-2H3. The van der Waals surface area contributed by atoms with Gasteiger partial charge in [0.15, 0.2) is 0 Å². The van der Waals surface area contributed by atoms with E-state index in [0.29, 0.717) is 44.8 Å². The maximum absolute atomic E-state index is 12.9. The fourth-order valence-corrected chi connectivity index (χ4v) is 5.09. The normalized spacial score (nSPS) is 14.7. The zero-order valence-corrected chi connectivity index (χ0v) is 18.4. The van der Waals surface area contributed by atoms with E-state index in [0.717, 1.165) is 5.69 Å². The third kappa shape index (κ3) is 4.86. The summed E-state index contributed by atoms with van der Waals surface area (Å²) in [6.07, 6.45) is 0. The number of rotatable bonds is 7. The van der Waals surface area contributed by atoms with Gasteiger partial charge in [-0.25, -0.2) is 8.42 Å². The molecule has 0 N–H and O–H groups in total. The minimum Gasteiger partial charge on any atom is -0.368 e. The molecule has 0 aliphatic carbocycles. The number of anilines is 1. The molecule has 2 aromatic rings. The van der Waals surface area contributed by atoms with Crippen LogP contribution >= 0.6 is 0 Å². The number of non-ortho nitro benzene ring substituents is 1. The second-order valence-corrected chi connectivity index (χ2v) is 9.11. The van der Waals surface area contributed by atoms with Crippen LogP contribution in [0.2, 0.25) is 0 Å². The number of hydrogen-bond acceptors (Lipinski definition) is 6. The van der Waals surface area contributed by atoms with Crippen LogP contribution in [0.3, 0.4) is 0 Å². The number of nitrogens with zero attached hydrogens (tertiary/aromatic N) is 4. The summed E-state index contributed by atoms with van der Waals surface area (Å²) in [5.74, 6) is -0.162. The maximum atomic E-state index is 12.9. The van der Waals surface area contributed by atoms with Gasteiger partial charge in [-0.15, -0.1) is 0 Å². The highest BCUT2D eigenvalue weighted by Crippen LogP contribution is 2.23. The molecule has 0 saturated carbocycles. The van der Waals surface area contributed by atoms with Crippen LogP contribution in [-0.4, -0.2) is 67.7 Å². The van der Waals surface area contributed by atoms with Crippen molar-refractivity contribution in [3.05, 3.63) is 64.2 Å². The molecule has 1 amide bonds. The number of amides is 1. The van der Waals surface area contributed by atoms with Gasteiger partial charge in [0.2, 0.25) is 10.0 Å². The molecule has 0 aromatic heterocycles. The third-order valence-electron chi connectivity index (χ3n) is 5.42. The number of nitro groups is 1. The molecular formula is C21H26N4O5S. The fourth-order valence-electron chi connectivity index (χ4n) is 3.64. The van der Waals surface area contributed by atoms with E-state index in [4.69, 9.17) is 0 Å². The Kier molecular flexibility index (Phi) is 6.91. The summed E-state index contributed by atoms with van der Waals surface area (Å²) in [6, 6.07) is 12.5. The summed E-state index contributed by atoms with van der Waals surface area (Å²) in [6.45, 7) is 6.39. The number of piperazine rings is 1. The second kappa shape index (κ2) is 9.44. The highest BCUT2D eigenvalue weighted by atomic mass is 32.2. The molecule has 1 aliphatic rings. The Hall–Kier alpha value is -2.98. The highest BCUT2D eigenvalue weighted by Gasteiger charge is 2.25. The van der Waals surface area contributed by atoms with Crippen molar-refractivity contribution in [3.8, 4) is 0 Å². The Labute approximate surface area is 182 Å². The molecule has 3 rings (SSSR count). The van der Waals surface area contributed by atoms with Crippen molar-refractivity contribution in [3.63, 3.8) is 0 Å². The predicted molar refractivity (Wildman–Crippen MR) is 118 cm³/mol. The molecular weight excluding hydrogens is 420 g/mol. The molecule has 31 heavy (non-hydrogen) atoms. The lowest BCUT2D eigenvalue weighted by atomic mass is 10.1. The van der Waals surface area contributed by atoms with Gasteiger partial charge in [0.1, 0.15) is 0 Å². The van der Waals surface area contributed by atoms with E-state index < -0.39 is 14.9 Å². The van der Waals surface area contributed by atoms with Gasteiger partial charge >= 0.3 is 0 Å². The average molecular weight is 447 g/mol. The third-order valence-corrected chi connectivity index (χ3v) is 7.48. The van der Waals surface area contributed by atoms with Crippen molar-refractivity contribution in [2.45, 2.75) is 18.7 Å². The smallest absolute Gasteiger partial charge is 0.271 e. The molecule has 1 aliphatic heterocycles. The van der Waals surface area contributed by atoms with Crippen LogP contribution < -0.4 is 4.90 Å². The summed E-state index contributed by atoms with van der Waals surface area (Å²) in [7, 11) is -3.56. The lowest BCUT2D eigenvalue weighted by molar-refractivity contribution is -0.384. The van der Waals surface area contributed by atoms with Gasteiger partial charge in [0.05, 0.1) is 9.82 Å². The number of benzene rings is 2. The molecule has 1 fully saturated rings. The van der Waals surface area contributed by atoms with Gasteiger partial charge < -0.3 is 9.80 Å². The Balaban J connectivity index is 1.66. The van der Waals surface area contributed by atoms with Crippen LogP contribution in [0, 0.1) is 10.1 Å². The second-order valence-electron chi connectivity index (χ2n) is 7.17. The molecule has 0 unspecified atom stereocenters. The topological polar surface area (TPSA) is 104 Å². The van der Waals surface area contributed by atoms with Gasteiger partial charge in [-0.2, -0.15) is 4.31 Å². The number of carbonyl (C=O) groups excluding carboxylic acids is 1. The van der Waals surface area contributed by atoms with Gasteiger partial charge in [0, 0.05) is 62.7 Å². The first-order valence-electron chi connectivity index (χ1n) is 10.2. The molecule has 10 heteroatoms. The lowest BCUT2D eigenvalue weighted by Gasteiger charge is -2.36. The Bertz CT molecular complexity index is 1040. The van der Waals surface area contributed by atoms with Crippen molar-refractivity contribution in [1.29, 1.82) is 0 Å². The molecule has 0 radical (unpaired) electrons. The number of nitro benzene ring substituents is 1. The van der Waals surface area contributed by atoms with Crippen LogP contribution in [0.25, 0.3) is 0 Å². The maximum Gasteiger partial charge on any atom is 0.271 e. The van der Waals surface area contributed by atoms with E-state index >= 15 is 0 Å². The molecule has 1 heterocycles. The zero-order valence-electron chi connectivity index (χ0n) is 17.6. The Morgan fingerprint density at radius 2 is 1.65 bits per heavy atom. The molecule has 0 atom stereocenters. The Morgan fingerprint density at radius 3 is 2.19 bits per heavy atom. The van der Waals surface area contributed by atoms with Gasteiger partial charge in [-0.05, 0) is 30.3 Å². The highest BCUT2D eigenvalue weighted by molar-refractivity contribution is 7.89. The molecule has 166 valence electrons. The first-order valence-corrected chi connectivity index (χ1v) is 11.6. The number of hydrogen-bond donors (Lipinski definition) is 0. The van der Waals surface area contributed by atoms with E-state index in [1.807, 2.05) is 11.0 Å². The largest absolute Gasteiger partial charge is 0.368 e. The van der Waals surface area contributed by atoms with E-state index in [1.165, 1.54) is 28.6 Å². The summed E-state index contributed by atoms with van der Waals surface area (Å²) in [4.78, 5) is 27.3. The fraction of sp³-hybridized carbons (Fsp3) is 0.381. The number of carbonyl (C=O) groups is 1. The average Bonchev–Trinajstić information content (AvgIpc) is 2.79. The summed E-state index contributed by atoms with van der Waals surface area (Å²) >= 11 is 0. The van der Waals surface area contributed by atoms with Crippen molar-refractivity contribution >= 4 is 27.3 Å². The quantitative estimate of drug-likeness (QED) is 0.478. The van der Waals surface area contributed by atoms with Crippen LogP contribution in [0.5, 0.6) is 0 Å². The molecule has 1 saturated heterocycles. The van der Waals surface area contributed by atoms with Crippen LogP contribution in [-0.2, 0) is 10.0 Å². The lowest BCUT2D eigenvalue weighted by Crippen LogP contribution is -2.48. The van der Waals surface area contributed by atoms with Gasteiger partial charge in [0.25, 0.3) is 11.6 Å². The van der Waals surface area contributed by atoms with Crippen LogP contribution in [0.1, 0.15) is 24.2 Å². The van der Waals surface area contributed by atoms with E-state index in [2.05, 4.69) is 0 Å². The first-order chi connectivity index (χ1) is 14.8. The SMILES string of the molecule is CCN(CC)S(=O)(=O)c1ccc(C(=O)N2CCN(c3cccc([N+](=O)[O-])c3)CC2)cc1. The van der Waals surface area contributed by atoms with Crippen LogP contribution in [0.4, 0.5) is 11.4 Å². The molecule has 2 aromatic carbocycles. The summed E-state index contributed by atoms with van der Waals surface area (Å²) in [5, 5.41) is 11.0. The molecule has 9 nitrogen and oxygen atoms in total. The van der Waals surface area contributed by atoms with Gasteiger partial charge in [-0.1, -0.05) is 19.9 Å². The predicted octanol–water partition coefficient (Wildman–Crippen LogP) is 2.59. The van der Waals surface area contributed by atoms with Crippen LogP contribution in [0.15, 0.2) is 53.4 Å². The molecule has 0 spiro atoms. The summed E-state index contributed by atoms with van der Waals surface area (Å²) in [5.41, 5.74) is 1.23. The Morgan fingerprint density at radius 1 is 1.03 bits per heavy atom. The van der Waals surface area contributed by atoms with E-state index in [1.54, 1.807) is 36.9 Å². The zero-order chi connectivity index (χ0) is 22.6. The van der Waals surface area contributed by atoms with Crippen molar-refractivity contribution in [2.75, 3.05) is 44.2 Å². The summed E-state index contributed by atoms with van der Waals surface area (Å²) < 4.78 is 26.6. The minimum absolute atomic E-state index is 0.0377. The van der Waals surface area contributed by atoms with Crippen molar-refractivity contribution < 1.29 is 18.1 Å². The van der Waals surface area contributed by atoms with E-state index in [9.17, 15) is 23.3 Å². The van der Waals surface area contributed by atoms with Gasteiger partial charge in [-0.3, -0.25) is 14.9 Å². The van der Waals surface area contributed by atoms with Crippen molar-refractivity contribution in [2.24, 2.45) is 0 Å². The first kappa shape index (κ1) is 22.7. The number of sulfonamides is 1. The minimum atomic E-state index is -3.56.